The Labute approximate surface area is 93.2 Å². The summed E-state index contributed by atoms with van der Waals surface area (Å²) in [6.07, 6.45) is 6.76. The highest BCUT2D eigenvalue weighted by atomic mass is 32.1. The van der Waals surface area contributed by atoms with Crippen LogP contribution in [0.15, 0.2) is 24.9 Å². The van der Waals surface area contributed by atoms with Crippen molar-refractivity contribution in [2.24, 2.45) is 0 Å². The summed E-state index contributed by atoms with van der Waals surface area (Å²) in [4.78, 5) is 22.2. The minimum absolute atomic E-state index is 0.814. The number of rotatable bonds is 0. The van der Waals surface area contributed by atoms with Crippen molar-refractivity contribution in [1.82, 2.24) is 24.9 Å². The van der Waals surface area contributed by atoms with Gasteiger partial charge in [-0.1, -0.05) is 11.3 Å². The van der Waals surface area contributed by atoms with Crippen LogP contribution in [0.5, 0.6) is 0 Å². The maximum Gasteiger partial charge on any atom is 0.157 e. The van der Waals surface area contributed by atoms with Crippen molar-refractivity contribution >= 4 is 42.9 Å². The molecule has 0 amide bonds. The highest BCUT2D eigenvalue weighted by Crippen LogP contribution is 2.35. The van der Waals surface area contributed by atoms with Crippen LogP contribution in [-0.2, 0) is 0 Å². The molecule has 5 nitrogen and oxygen atoms in total. The van der Waals surface area contributed by atoms with Gasteiger partial charge in [-0.15, -0.1) is 0 Å². The second kappa shape index (κ2) is 2.73. The summed E-state index contributed by atoms with van der Waals surface area (Å²) in [5.41, 5.74) is 1.70. The van der Waals surface area contributed by atoms with Gasteiger partial charge in [-0.3, -0.25) is 4.98 Å². The third-order valence-electron chi connectivity index (χ3n) is 2.54. The number of nitrogens with zero attached hydrogens (tertiary/aromatic N) is 4. The first-order chi connectivity index (χ1) is 7.93. The SMILES string of the molecule is c1cnc2c(n1)[nH]c1sc3ncncc3c12. The Balaban J connectivity index is 2.38. The molecule has 0 aromatic carbocycles. The molecule has 0 unspecified atom stereocenters. The average molecular weight is 227 g/mol. The fourth-order valence-corrected chi connectivity index (χ4v) is 2.90. The zero-order valence-corrected chi connectivity index (χ0v) is 8.82. The van der Waals surface area contributed by atoms with Gasteiger partial charge in [0.1, 0.15) is 21.5 Å². The van der Waals surface area contributed by atoms with Crippen molar-refractivity contribution in [3.05, 3.63) is 24.9 Å². The molecule has 4 aromatic heterocycles. The van der Waals surface area contributed by atoms with Crippen molar-refractivity contribution in [2.45, 2.75) is 0 Å². The third kappa shape index (κ3) is 0.892. The first-order valence-corrected chi connectivity index (χ1v) is 5.56. The lowest BCUT2D eigenvalue weighted by Crippen LogP contribution is -1.79. The first-order valence-electron chi connectivity index (χ1n) is 4.74. The zero-order valence-electron chi connectivity index (χ0n) is 8.01. The summed E-state index contributed by atoms with van der Waals surface area (Å²) in [5.74, 6) is 0. The van der Waals surface area contributed by atoms with Crippen molar-refractivity contribution in [3.8, 4) is 0 Å². The van der Waals surface area contributed by atoms with Gasteiger partial charge < -0.3 is 4.98 Å². The van der Waals surface area contributed by atoms with E-state index in [0.717, 1.165) is 31.6 Å². The van der Waals surface area contributed by atoms with Gasteiger partial charge in [0, 0.05) is 29.4 Å². The van der Waals surface area contributed by atoms with Gasteiger partial charge in [0.25, 0.3) is 0 Å². The smallest absolute Gasteiger partial charge is 0.157 e. The Morgan fingerprint density at radius 2 is 2.06 bits per heavy atom. The van der Waals surface area contributed by atoms with Gasteiger partial charge in [0.05, 0.1) is 0 Å². The predicted molar refractivity (Wildman–Crippen MR) is 62.4 cm³/mol. The second-order valence-electron chi connectivity index (χ2n) is 3.43. The van der Waals surface area contributed by atoms with Gasteiger partial charge >= 0.3 is 0 Å². The number of thiophene rings is 1. The molecule has 4 heterocycles. The summed E-state index contributed by atoms with van der Waals surface area (Å²) in [6.45, 7) is 0. The molecule has 0 aliphatic heterocycles. The van der Waals surface area contributed by atoms with E-state index in [1.807, 2.05) is 6.20 Å². The molecule has 4 aromatic rings. The van der Waals surface area contributed by atoms with Crippen LogP contribution in [0.25, 0.3) is 31.6 Å². The summed E-state index contributed by atoms with van der Waals surface area (Å²) in [5, 5.41) is 2.11. The number of nitrogens with one attached hydrogen (secondary N) is 1. The highest BCUT2D eigenvalue weighted by Gasteiger charge is 2.13. The summed E-state index contributed by atoms with van der Waals surface area (Å²) < 4.78 is 0. The number of hydrogen-bond donors (Lipinski definition) is 1. The van der Waals surface area contributed by atoms with Crippen LogP contribution in [0.3, 0.4) is 0 Å². The van der Waals surface area contributed by atoms with Crippen LogP contribution in [0, 0.1) is 0 Å². The van der Waals surface area contributed by atoms with E-state index in [1.165, 1.54) is 0 Å². The molecular formula is C10H5N5S. The van der Waals surface area contributed by atoms with E-state index in [4.69, 9.17) is 0 Å². The molecule has 0 bridgehead atoms. The highest BCUT2D eigenvalue weighted by molar-refractivity contribution is 7.25. The van der Waals surface area contributed by atoms with E-state index in [2.05, 4.69) is 24.9 Å². The van der Waals surface area contributed by atoms with Crippen molar-refractivity contribution in [3.63, 3.8) is 0 Å². The molecule has 0 fully saturated rings. The largest absolute Gasteiger partial charge is 0.329 e. The fourth-order valence-electron chi connectivity index (χ4n) is 1.88. The Bertz CT molecular complexity index is 750. The molecule has 0 aliphatic carbocycles. The summed E-state index contributed by atoms with van der Waals surface area (Å²) >= 11 is 1.60. The van der Waals surface area contributed by atoms with E-state index in [0.29, 0.717) is 0 Å². The van der Waals surface area contributed by atoms with Crippen molar-refractivity contribution in [2.75, 3.05) is 0 Å². The minimum Gasteiger partial charge on any atom is -0.329 e. The zero-order chi connectivity index (χ0) is 10.5. The van der Waals surface area contributed by atoms with Crippen LogP contribution in [0.2, 0.25) is 0 Å². The maximum atomic E-state index is 4.35. The molecule has 76 valence electrons. The molecule has 0 saturated carbocycles. The maximum absolute atomic E-state index is 4.35. The van der Waals surface area contributed by atoms with Crippen LogP contribution in [0.1, 0.15) is 0 Å². The number of H-pyrrole nitrogens is 1. The van der Waals surface area contributed by atoms with Crippen LogP contribution in [-0.4, -0.2) is 24.9 Å². The van der Waals surface area contributed by atoms with Crippen molar-refractivity contribution in [1.29, 1.82) is 0 Å². The lowest BCUT2D eigenvalue weighted by atomic mass is 10.3. The normalized spacial score (nSPS) is 11.8. The van der Waals surface area contributed by atoms with E-state index in [9.17, 15) is 0 Å². The van der Waals surface area contributed by atoms with Gasteiger partial charge in [-0.05, 0) is 0 Å². The Morgan fingerprint density at radius 1 is 1.12 bits per heavy atom. The van der Waals surface area contributed by atoms with Crippen molar-refractivity contribution < 1.29 is 0 Å². The molecule has 0 radical (unpaired) electrons. The van der Waals surface area contributed by atoms with Crippen LogP contribution >= 0.6 is 11.3 Å². The minimum atomic E-state index is 0.814. The number of hydrogen-bond acceptors (Lipinski definition) is 5. The van der Waals surface area contributed by atoms with Gasteiger partial charge in [0.15, 0.2) is 5.65 Å². The quantitative estimate of drug-likeness (QED) is 0.499. The molecule has 0 saturated heterocycles. The van der Waals surface area contributed by atoms with Gasteiger partial charge in [-0.25, -0.2) is 15.0 Å². The Morgan fingerprint density at radius 3 is 3.06 bits per heavy atom. The first kappa shape index (κ1) is 8.12. The second-order valence-corrected chi connectivity index (χ2v) is 4.43. The monoisotopic (exact) mass is 227 g/mol. The molecular weight excluding hydrogens is 222 g/mol. The number of aromatic amines is 1. The Hall–Kier alpha value is -2.08. The molecule has 1 N–H and O–H groups in total. The number of aromatic nitrogens is 5. The van der Waals surface area contributed by atoms with Crippen LogP contribution < -0.4 is 0 Å². The fraction of sp³-hybridized carbons (Fsp3) is 0. The van der Waals surface area contributed by atoms with E-state index in [1.54, 1.807) is 30.1 Å². The van der Waals surface area contributed by atoms with E-state index in [-0.39, 0.29) is 0 Å². The molecule has 0 aliphatic rings. The molecule has 6 heteroatoms. The predicted octanol–water partition coefficient (Wildman–Crippen LogP) is 2.12. The topological polar surface area (TPSA) is 67.3 Å². The molecule has 4 rings (SSSR count). The van der Waals surface area contributed by atoms with Gasteiger partial charge in [-0.2, -0.15) is 0 Å². The molecule has 16 heavy (non-hydrogen) atoms. The van der Waals surface area contributed by atoms with Crippen LogP contribution in [0.4, 0.5) is 0 Å². The summed E-state index contributed by atoms with van der Waals surface area (Å²) in [7, 11) is 0. The average Bonchev–Trinajstić information content (AvgIpc) is 2.83. The third-order valence-corrected chi connectivity index (χ3v) is 3.57. The summed E-state index contributed by atoms with van der Waals surface area (Å²) in [6, 6.07) is 0. The lowest BCUT2D eigenvalue weighted by molar-refractivity contribution is 1.24. The van der Waals surface area contributed by atoms with E-state index < -0.39 is 0 Å². The lowest BCUT2D eigenvalue weighted by Gasteiger charge is -1.88. The van der Waals surface area contributed by atoms with E-state index >= 15 is 0 Å². The Kier molecular flexibility index (Phi) is 1.39. The standard InChI is InChI=1S/C10H5N5S/c1-2-13-8-7(12-1)6-5-3-11-4-14-9(5)16-10(6)15-8/h1-4H,(H,13,15). The van der Waals surface area contributed by atoms with Gasteiger partial charge in [0.2, 0.25) is 0 Å². The number of fused-ring (bicyclic) bond motifs is 5. The molecule has 0 atom stereocenters. The molecule has 0 spiro atoms.